The smallest absolute Gasteiger partial charge is 0.428 e. The topological polar surface area (TPSA) is 88.2 Å². The molecular formula is C17H25N3O5. The van der Waals surface area contributed by atoms with Gasteiger partial charge in [0.25, 0.3) is 5.91 Å². The highest BCUT2D eigenvalue weighted by atomic mass is 16.6. The fourth-order valence-electron chi connectivity index (χ4n) is 1.70. The predicted molar refractivity (Wildman–Crippen MR) is 91.4 cm³/mol. The third-order valence-electron chi connectivity index (χ3n) is 2.86. The minimum absolute atomic E-state index is 0.0949. The second-order valence-electron chi connectivity index (χ2n) is 6.47. The van der Waals surface area contributed by atoms with Crippen molar-refractivity contribution in [2.75, 3.05) is 20.6 Å². The highest BCUT2D eigenvalue weighted by molar-refractivity contribution is 5.83. The summed E-state index contributed by atoms with van der Waals surface area (Å²) in [5, 5.41) is 0.925. The van der Waals surface area contributed by atoms with Crippen molar-refractivity contribution in [3.05, 3.63) is 35.9 Å². The first-order valence-corrected chi connectivity index (χ1v) is 7.76. The normalized spacial score (nSPS) is 10.6. The van der Waals surface area contributed by atoms with Crippen LogP contribution in [0.25, 0.3) is 0 Å². The molecule has 0 saturated heterocycles. The maximum Gasteiger partial charge on any atom is 0.428 e. The Morgan fingerprint density at radius 3 is 2.20 bits per heavy atom. The van der Waals surface area contributed by atoms with Crippen LogP contribution in [0.3, 0.4) is 0 Å². The Morgan fingerprint density at radius 1 is 1.04 bits per heavy atom. The lowest BCUT2D eigenvalue weighted by Crippen LogP contribution is -2.48. The number of hydrogen-bond donors (Lipinski definition) is 1. The van der Waals surface area contributed by atoms with Crippen molar-refractivity contribution in [2.24, 2.45) is 0 Å². The van der Waals surface area contributed by atoms with Crippen LogP contribution in [0, 0.1) is 0 Å². The molecule has 0 heterocycles. The molecule has 1 aromatic rings. The number of rotatable bonds is 4. The summed E-state index contributed by atoms with van der Waals surface area (Å²) >= 11 is 0. The van der Waals surface area contributed by atoms with Crippen molar-refractivity contribution in [1.29, 1.82) is 0 Å². The maximum atomic E-state index is 11.9. The van der Waals surface area contributed by atoms with Crippen LogP contribution in [0.4, 0.5) is 9.59 Å². The average Bonchev–Trinajstić information content (AvgIpc) is 2.51. The van der Waals surface area contributed by atoms with Crippen LogP contribution in [0.2, 0.25) is 0 Å². The molecule has 0 saturated carbocycles. The zero-order valence-corrected chi connectivity index (χ0v) is 15.2. The first-order valence-electron chi connectivity index (χ1n) is 7.76. The molecule has 0 aromatic heterocycles. The van der Waals surface area contributed by atoms with Gasteiger partial charge in [0.05, 0.1) is 0 Å². The van der Waals surface area contributed by atoms with E-state index in [1.807, 2.05) is 30.3 Å². The second-order valence-corrected chi connectivity index (χ2v) is 6.47. The summed E-state index contributed by atoms with van der Waals surface area (Å²) in [7, 11) is 2.79. The monoisotopic (exact) mass is 351 g/mol. The predicted octanol–water partition coefficient (Wildman–Crippen LogP) is 2.15. The molecular weight excluding hydrogens is 326 g/mol. The molecule has 8 heteroatoms. The quantitative estimate of drug-likeness (QED) is 0.840. The molecule has 0 radical (unpaired) electrons. The Bertz CT molecular complexity index is 598. The molecule has 0 fully saturated rings. The molecule has 1 N–H and O–H groups in total. The van der Waals surface area contributed by atoms with Crippen molar-refractivity contribution in [3.63, 3.8) is 0 Å². The SMILES string of the molecule is CN(CC(=O)NN(C)C(=O)OCc1ccccc1)C(=O)OC(C)(C)C. The molecule has 0 aliphatic carbocycles. The van der Waals surface area contributed by atoms with Gasteiger partial charge in [-0.2, -0.15) is 0 Å². The van der Waals surface area contributed by atoms with Crippen molar-refractivity contribution in [2.45, 2.75) is 33.0 Å². The van der Waals surface area contributed by atoms with E-state index in [-0.39, 0.29) is 13.2 Å². The van der Waals surface area contributed by atoms with Crippen molar-refractivity contribution in [3.8, 4) is 0 Å². The molecule has 0 aliphatic rings. The molecule has 138 valence electrons. The number of carbonyl (C=O) groups excluding carboxylic acids is 3. The van der Waals surface area contributed by atoms with Crippen LogP contribution in [-0.2, 0) is 20.9 Å². The van der Waals surface area contributed by atoms with Crippen LogP contribution in [0.1, 0.15) is 26.3 Å². The van der Waals surface area contributed by atoms with Crippen molar-refractivity contribution >= 4 is 18.1 Å². The molecule has 0 unspecified atom stereocenters. The van der Waals surface area contributed by atoms with Gasteiger partial charge < -0.3 is 14.4 Å². The van der Waals surface area contributed by atoms with E-state index in [1.54, 1.807) is 20.8 Å². The van der Waals surface area contributed by atoms with Gasteiger partial charge in [-0.3, -0.25) is 10.2 Å². The molecule has 0 bridgehead atoms. The zero-order chi connectivity index (χ0) is 19.0. The number of nitrogens with one attached hydrogen (secondary N) is 1. The molecule has 0 atom stereocenters. The van der Waals surface area contributed by atoms with Gasteiger partial charge in [0, 0.05) is 14.1 Å². The minimum Gasteiger partial charge on any atom is -0.444 e. The Kier molecular flexibility index (Phi) is 7.22. The van der Waals surface area contributed by atoms with Crippen molar-refractivity contribution < 1.29 is 23.9 Å². The first kappa shape index (κ1) is 20.3. The zero-order valence-electron chi connectivity index (χ0n) is 15.2. The van der Waals surface area contributed by atoms with Gasteiger partial charge in [-0.05, 0) is 26.3 Å². The summed E-state index contributed by atoms with van der Waals surface area (Å²) in [5.74, 6) is -0.549. The molecule has 1 rings (SSSR count). The van der Waals surface area contributed by atoms with Gasteiger partial charge in [0.2, 0.25) is 0 Å². The largest absolute Gasteiger partial charge is 0.444 e. The fraction of sp³-hybridized carbons (Fsp3) is 0.471. The minimum atomic E-state index is -0.711. The number of hydrazine groups is 1. The van der Waals surface area contributed by atoms with E-state index in [1.165, 1.54) is 14.1 Å². The number of amides is 3. The van der Waals surface area contributed by atoms with Gasteiger partial charge in [-0.1, -0.05) is 30.3 Å². The van der Waals surface area contributed by atoms with Gasteiger partial charge in [0.1, 0.15) is 18.8 Å². The van der Waals surface area contributed by atoms with E-state index in [0.29, 0.717) is 0 Å². The van der Waals surface area contributed by atoms with Gasteiger partial charge in [-0.25, -0.2) is 14.6 Å². The average molecular weight is 351 g/mol. The lowest BCUT2D eigenvalue weighted by molar-refractivity contribution is -0.125. The molecule has 1 aromatic carbocycles. The van der Waals surface area contributed by atoms with E-state index >= 15 is 0 Å². The highest BCUT2D eigenvalue weighted by Crippen LogP contribution is 2.08. The summed E-state index contributed by atoms with van der Waals surface area (Å²) in [4.78, 5) is 36.7. The molecule has 3 amide bonds. The van der Waals surface area contributed by atoms with Gasteiger partial charge >= 0.3 is 12.2 Å². The Hall–Kier alpha value is -2.77. The third kappa shape index (κ3) is 8.05. The summed E-state index contributed by atoms with van der Waals surface area (Å²) in [5.41, 5.74) is 2.52. The van der Waals surface area contributed by atoms with Gasteiger partial charge in [-0.15, -0.1) is 0 Å². The molecule has 25 heavy (non-hydrogen) atoms. The fourth-order valence-corrected chi connectivity index (χ4v) is 1.70. The van der Waals surface area contributed by atoms with E-state index in [4.69, 9.17) is 9.47 Å². The summed E-state index contributed by atoms with van der Waals surface area (Å²) < 4.78 is 10.2. The van der Waals surface area contributed by atoms with Crippen molar-refractivity contribution in [1.82, 2.24) is 15.3 Å². The Balaban J connectivity index is 2.39. The van der Waals surface area contributed by atoms with Gasteiger partial charge in [0.15, 0.2) is 0 Å². The van der Waals surface area contributed by atoms with Crippen LogP contribution < -0.4 is 5.43 Å². The third-order valence-corrected chi connectivity index (χ3v) is 2.86. The molecule has 8 nitrogen and oxygen atoms in total. The number of carbonyl (C=O) groups is 3. The van der Waals surface area contributed by atoms with Crippen LogP contribution in [-0.4, -0.2) is 54.2 Å². The van der Waals surface area contributed by atoms with E-state index in [2.05, 4.69) is 5.43 Å². The second kappa shape index (κ2) is 8.91. The summed E-state index contributed by atoms with van der Waals surface area (Å²) in [6, 6.07) is 9.17. The highest BCUT2D eigenvalue weighted by Gasteiger charge is 2.22. The number of ether oxygens (including phenoxy) is 2. The van der Waals surface area contributed by atoms with E-state index in [9.17, 15) is 14.4 Å². The van der Waals surface area contributed by atoms with E-state index in [0.717, 1.165) is 15.5 Å². The number of hydrogen-bond acceptors (Lipinski definition) is 5. The molecule has 0 spiro atoms. The number of nitrogens with zero attached hydrogens (tertiary/aromatic N) is 2. The molecule has 0 aliphatic heterocycles. The van der Waals surface area contributed by atoms with E-state index < -0.39 is 23.7 Å². The number of benzene rings is 1. The van der Waals surface area contributed by atoms with Crippen LogP contribution in [0.5, 0.6) is 0 Å². The maximum absolute atomic E-state index is 11.9. The summed E-state index contributed by atoms with van der Waals surface area (Å²) in [6.07, 6.45) is -1.34. The number of likely N-dealkylation sites (N-methyl/N-ethyl adjacent to an activating group) is 1. The first-order chi connectivity index (χ1) is 11.6. The Morgan fingerprint density at radius 2 is 1.64 bits per heavy atom. The standard InChI is InChI=1S/C17H25N3O5/c1-17(2,3)25-15(22)19(4)11-14(21)18-20(5)16(23)24-12-13-9-7-6-8-10-13/h6-10H,11-12H2,1-5H3,(H,18,21). The lowest BCUT2D eigenvalue weighted by Gasteiger charge is -2.25. The lowest BCUT2D eigenvalue weighted by atomic mass is 10.2. The van der Waals surface area contributed by atoms with Crippen LogP contribution in [0.15, 0.2) is 30.3 Å². The summed E-state index contributed by atoms with van der Waals surface area (Å²) in [6.45, 7) is 5.03. The van der Waals surface area contributed by atoms with Crippen LogP contribution >= 0.6 is 0 Å². The Labute approximate surface area is 147 Å².